The van der Waals surface area contributed by atoms with Gasteiger partial charge in [-0.05, 0) is 18.5 Å². The summed E-state index contributed by atoms with van der Waals surface area (Å²) in [5, 5.41) is 3.15. The van der Waals surface area contributed by atoms with Crippen molar-refractivity contribution in [1.29, 1.82) is 0 Å². The van der Waals surface area contributed by atoms with Crippen molar-refractivity contribution in [2.24, 2.45) is 11.8 Å². The molecule has 2 unspecified atom stereocenters. The second kappa shape index (κ2) is 1.16. The van der Waals surface area contributed by atoms with E-state index in [2.05, 4.69) is 12.2 Å². The predicted molar refractivity (Wildman–Crippen MR) is 33.6 cm³/mol. The van der Waals surface area contributed by atoms with Crippen molar-refractivity contribution >= 4 is 0 Å². The average Bonchev–Trinajstić information content (AvgIpc) is 2.57. The molecule has 0 aromatic heterocycles. The van der Waals surface area contributed by atoms with Crippen LogP contribution in [-0.4, -0.2) is 13.6 Å². The third kappa shape index (κ3) is 0.360. The second-order valence-corrected chi connectivity index (χ2v) is 2.78. The summed E-state index contributed by atoms with van der Waals surface area (Å²) >= 11 is 0. The molecule has 1 heteroatoms. The highest BCUT2D eigenvalue weighted by atomic mass is 14.8. The van der Waals surface area contributed by atoms with E-state index in [1.807, 2.05) is 7.05 Å². The van der Waals surface area contributed by atoms with E-state index in [4.69, 9.17) is 0 Å². The molecular weight excluding hydrogens is 98.1 g/mol. The molecule has 2 rings (SSSR count). The number of rotatable bonds is 2. The summed E-state index contributed by atoms with van der Waals surface area (Å²) in [4.78, 5) is 0. The Balaban J connectivity index is 1.91. The second-order valence-electron chi connectivity index (χ2n) is 2.78. The van der Waals surface area contributed by atoms with Gasteiger partial charge >= 0.3 is 0 Å². The van der Waals surface area contributed by atoms with E-state index < -0.39 is 0 Å². The molecule has 1 fully saturated rings. The molecule has 0 heterocycles. The van der Waals surface area contributed by atoms with Crippen molar-refractivity contribution in [2.75, 3.05) is 13.6 Å². The van der Waals surface area contributed by atoms with E-state index in [9.17, 15) is 0 Å². The SMILES string of the molecule is CNCC1=C2C(C)C12. The lowest BCUT2D eigenvalue weighted by atomic mass is 10.2. The van der Waals surface area contributed by atoms with E-state index in [0.717, 1.165) is 18.4 Å². The topological polar surface area (TPSA) is 12.0 Å². The fraction of sp³-hybridized carbons (Fsp3) is 0.714. The molecule has 0 bridgehead atoms. The molecule has 0 saturated heterocycles. The molecule has 0 aliphatic heterocycles. The third-order valence-corrected chi connectivity index (χ3v) is 2.25. The minimum atomic E-state index is 0.971. The molecule has 2 atom stereocenters. The van der Waals surface area contributed by atoms with Crippen LogP contribution in [0.5, 0.6) is 0 Å². The van der Waals surface area contributed by atoms with Gasteiger partial charge in [0.15, 0.2) is 0 Å². The standard InChI is InChI=1S/C7H11N/c1-4-6-5(3-8-2)7(4)6/h4,6,8H,3H2,1-2H3. The Morgan fingerprint density at radius 3 is 2.62 bits per heavy atom. The van der Waals surface area contributed by atoms with Gasteiger partial charge in [0.1, 0.15) is 0 Å². The normalized spacial score (nSPS) is 39.8. The lowest BCUT2D eigenvalue weighted by molar-refractivity contribution is 0.776. The molecule has 44 valence electrons. The summed E-state index contributed by atoms with van der Waals surface area (Å²) < 4.78 is 0. The van der Waals surface area contributed by atoms with Gasteiger partial charge in [0, 0.05) is 12.5 Å². The van der Waals surface area contributed by atoms with Crippen LogP contribution in [0.25, 0.3) is 0 Å². The van der Waals surface area contributed by atoms with Gasteiger partial charge in [-0.1, -0.05) is 12.5 Å². The van der Waals surface area contributed by atoms with E-state index in [0.29, 0.717) is 0 Å². The first-order valence-corrected chi connectivity index (χ1v) is 3.23. The quantitative estimate of drug-likeness (QED) is 0.517. The van der Waals surface area contributed by atoms with Crippen LogP contribution in [0.4, 0.5) is 0 Å². The minimum absolute atomic E-state index is 0.971. The van der Waals surface area contributed by atoms with E-state index in [-0.39, 0.29) is 0 Å². The zero-order valence-electron chi connectivity index (χ0n) is 5.36. The molecule has 2 aliphatic rings. The van der Waals surface area contributed by atoms with Crippen LogP contribution in [0.2, 0.25) is 0 Å². The van der Waals surface area contributed by atoms with Crippen molar-refractivity contribution in [3.63, 3.8) is 0 Å². The summed E-state index contributed by atoms with van der Waals surface area (Å²) in [6.07, 6.45) is 0. The summed E-state index contributed by atoms with van der Waals surface area (Å²) in [5.74, 6) is 1.95. The van der Waals surface area contributed by atoms with Crippen molar-refractivity contribution in [1.82, 2.24) is 5.32 Å². The predicted octanol–water partition coefficient (Wildman–Crippen LogP) is 0.782. The maximum atomic E-state index is 3.15. The molecule has 0 aromatic rings. The van der Waals surface area contributed by atoms with Gasteiger partial charge in [0.2, 0.25) is 0 Å². The Morgan fingerprint density at radius 2 is 2.25 bits per heavy atom. The molecule has 1 N–H and O–H groups in total. The van der Waals surface area contributed by atoms with Gasteiger partial charge in [-0.25, -0.2) is 0 Å². The van der Waals surface area contributed by atoms with Crippen molar-refractivity contribution in [2.45, 2.75) is 6.92 Å². The van der Waals surface area contributed by atoms with Crippen molar-refractivity contribution < 1.29 is 0 Å². The first-order chi connectivity index (χ1) is 3.86. The molecular formula is C7H11N. The molecule has 0 aromatic carbocycles. The number of nitrogens with one attached hydrogen (secondary N) is 1. The summed E-state index contributed by atoms with van der Waals surface area (Å²) in [6, 6.07) is 0. The van der Waals surface area contributed by atoms with Gasteiger partial charge in [-0.15, -0.1) is 0 Å². The van der Waals surface area contributed by atoms with Gasteiger partial charge in [-0.3, -0.25) is 0 Å². The van der Waals surface area contributed by atoms with E-state index in [1.165, 1.54) is 0 Å². The first-order valence-electron chi connectivity index (χ1n) is 3.23. The Hall–Kier alpha value is -0.300. The minimum Gasteiger partial charge on any atom is -0.316 e. The van der Waals surface area contributed by atoms with Crippen LogP contribution in [-0.2, 0) is 0 Å². The molecule has 0 radical (unpaired) electrons. The Kier molecular flexibility index (Phi) is 0.662. The molecule has 8 heavy (non-hydrogen) atoms. The van der Waals surface area contributed by atoms with Crippen LogP contribution in [0.3, 0.4) is 0 Å². The van der Waals surface area contributed by atoms with Crippen molar-refractivity contribution in [3.8, 4) is 0 Å². The Bertz CT molecular complexity index is 158. The van der Waals surface area contributed by atoms with Crippen LogP contribution < -0.4 is 5.32 Å². The zero-order chi connectivity index (χ0) is 5.72. The fourth-order valence-corrected chi connectivity index (χ4v) is 1.60. The van der Waals surface area contributed by atoms with Gasteiger partial charge < -0.3 is 5.32 Å². The highest BCUT2D eigenvalue weighted by molar-refractivity contribution is 5.59. The smallest absolute Gasteiger partial charge is 0.0170 e. The number of fused-ring (bicyclic) bond motifs is 1. The monoisotopic (exact) mass is 109 g/mol. The van der Waals surface area contributed by atoms with Gasteiger partial charge in [0.05, 0.1) is 0 Å². The van der Waals surface area contributed by atoms with Crippen molar-refractivity contribution in [3.05, 3.63) is 11.1 Å². The number of hydrogen-bond acceptors (Lipinski definition) is 1. The molecule has 2 aliphatic carbocycles. The highest BCUT2D eigenvalue weighted by Gasteiger charge is 2.57. The molecule has 0 amide bonds. The Labute approximate surface area is 49.8 Å². The van der Waals surface area contributed by atoms with Crippen LogP contribution in [0, 0.1) is 11.8 Å². The molecule has 1 nitrogen and oxygen atoms in total. The highest BCUT2D eigenvalue weighted by Crippen LogP contribution is 2.66. The number of likely N-dealkylation sites (N-methyl/N-ethyl adjacent to an activating group) is 1. The average molecular weight is 109 g/mol. The van der Waals surface area contributed by atoms with Crippen LogP contribution >= 0.6 is 0 Å². The summed E-state index contributed by atoms with van der Waals surface area (Å²) in [7, 11) is 2.01. The number of hydrogen-bond donors (Lipinski definition) is 1. The maximum absolute atomic E-state index is 3.15. The number of allylic oxidation sites excluding steroid dienone is 1. The van der Waals surface area contributed by atoms with E-state index in [1.54, 1.807) is 11.1 Å². The van der Waals surface area contributed by atoms with Crippen LogP contribution in [0.15, 0.2) is 11.1 Å². The maximum Gasteiger partial charge on any atom is 0.0170 e. The zero-order valence-corrected chi connectivity index (χ0v) is 5.36. The van der Waals surface area contributed by atoms with Crippen LogP contribution in [0.1, 0.15) is 6.92 Å². The largest absolute Gasteiger partial charge is 0.316 e. The summed E-state index contributed by atoms with van der Waals surface area (Å²) in [6.45, 7) is 3.45. The van der Waals surface area contributed by atoms with E-state index >= 15 is 0 Å². The first kappa shape index (κ1) is 4.57. The lowest BCUT2D eigenvalue weighted by Crippen LogP contribution is -2.08. The molecule has 1 saturated carbocycles. The fourth-order valence-electron chi connectivity index (χ4n) is 1.60. The van der Waals surface area contributed by atoms with Gasteiger partial charge in [0.25, 0.3) is 0 Å². The van der Waals surface area contributed by atoms with Gasteiger partial charge in [-0.2, -0.15) is 0 Å². The summed E-state index contributed by atoms with van der Waals surface area (Å²) in [5.41, 5.74) is 3.44. The third-order valence-electron chi connectivity index (χ3n) is 2.25. The lowest BCUT2D eigenvalue weighted by Gasteiger charge is -1.96. The Morgan fingerprint density at radius 1 is 1.62 bits per heavy atom. The molecule has 0 spiro atoms.